The van der Waals surface area contributed by atoms with Crippen LogP contribution >= 0.6 is 0 Å². The van der Waals surface area contributed by atoms with Gasteiger partial charge in [0.15, 0.2) is 6.29 Å². The van der Waals surface area contributed by atoms with Crippen LogP contribution in [0.25, 0.3) is 0 Å². The largest absolute Gasteiger partial charge is 0.442 e. The summed E-state index contributed by atoms with van der Waals surface area (Å²) in [7, 11) is 3.21. The first-order valence-corrected chi connectivity index (χ1v) is 12.6. The molecule has 2 heterocycles. The van der Waals surface area contributed by atoms with Crippen molar-refractivity contribution in [2.45, 2.75) is 89.9 Å². The van der Waals surface area contributed by atoms with E-state index in [1.165, 1.54) is 36.3 Å². The molecule has 0 aromatic heterocycles. The quantitative estimate of drug-likeness (QED) is 0.407. The molecule has 2 aliphatic heterocycles. The lowest BCUT2D eigenvalue weighted by Crippen LogP contribution is -2.46. The average Bonchev–Trinajstić information content (AvgIpc) is 3.51. The molecule has 1 saturated carbocycles. The molecule has 1 aliphatic carbocycles. The normalized spacial score (nSPS) is 28.7. The maximum Gasteiger partial charge on any atom is 0.409 e. The van der Waals surface area contributed by atoms with Crippen molar-refractivity contribution in [3.05, 3.63) is 36.0 Å². The second-order valence-corrected chi connectivity index (χ2v) is 11.0. The predicted octanol–water partition coefficient (Wildman–Crippen LogP) is 4.12. The Balaban J connectivity index is 1.35. The molecule has 2 atom stereocenters. The van der Waals surface area contributed by atoms with Crippen LogP contribution in [0.5, 0.6) is 0 Å². The maximum absolute atomic E-state index is 12.1. The van der Waals surface area contributed by atoms with Crippen LogP contribution in [0.2, 0.25) is 0 Å². The van der Waals surface area contributed by atoms with Gasteiger partial charge in [-0.1, -0.05) is 23.8 Å². The van der Waals surface area contributed by atoms with Crippen molar-refractivity contribution in [3.63, 3.8) is 0 Å². The number of hydrogen-bond acceptors (Lipinski definition) is 6. The molecule has 3 aliphatic rings. The van der Waals surface area contributed by atoms with Gasteiger partial charge in [-0.3, -0.25) is 4.79 Å². The monoisotopic (exact) mass is 490 g/mol. The number of allylic oxidation sites excluding steroid dienone is 2. The lowest BCUT2D eigenvalue weighted by Gasteiger charge is -2.40. The third-order valence-electron chi connectivity index (χ3n) is 6.55. The van der Waals surface area contributed by atoms with Gasteiger partial charge in [-0.25, -0.2) is 4.79 Å². The van der Waals surface area contributed by atoms with Crippen LogP contribution in [0.1, 0.15) is 59.8 Å². The number of carbonyl (C=O) groups is 2. The zero-order chi connectivity index (χ0) is 25.6. The molecule has 35 heavy (non-hydrogen) atoms. The molecule has 1 N–H and O–H groups in total. The molecule has 0 bridgehead atoms. The van der Waals surface area contributed by atoms with Crippen LogP contribution < -0.4 is 5.32 Å². The summed E-state index contributed by atoms with van der Waals surface area (Å²) in [4.78, 5) is 25.0. The summed E-state index contributed by atoms with van der Waals surface area (Å²) in [6.45, 7) is 8.93. The molecule has 0 radical (unpaired) electrons. The zero-order valence-corrected chi connectivity index (χ0v) is 22.0. The van der Waals surface area contributed by atoms with E-state index in [2.05, 4.69) is 44.3 Å². The van der Waals surface area contributed by atoms with Crippen LogP contribution in [0.3, 0.4) is 0 Å². The molecule has 0 aromatic rings. The molecule has 2 amide bonds. The fourth-order valence-electron chi connectivity index (χ4n) is 4.71. The highest BCUT2D eigenvalue weighted by Crippen LogP contribution is 2.58. The summed E-state index contributed by atoms with van der Waals surface area (Å²) >= 11 is 0. The number of rotatable bonds is 8. The van der Waals surface area contributed by atoms with Gasteiger partial charge < -0.3 is 29.2 Å². The highest BCUT2D eigenvalue weighted by atomic mass is 16.7. The van der Waals surface area contributed by atoms with Crippen LogP contribution in [-0.4, -0.2) is 74.4 Å². The summed E-state index contributed by atoms with van der Waals surface area (Å²) < 4.78 is 23.0. The Morgan fingerprint density at radius 1 is 1.17 bits per heavy atom. The molecule has 8 heteroatoms. The smallest absolute Gasteiger partial charge is 0.409 e. The van der Waals surface area contributed by atoms with Gasteiger partial charge in [-0.05, 0) is 64.9 Å². The van der Waals surface area contributed by atoms with E-state index in [1.807, 2.05) is 0 Å². The summed E-state index contributed by atoms with van der Waals surface area (Å²) in [5.41, 5.74) is 1.61. The Morgan fingerprint density at radius 3 is 2.49 bits per heavy atom. The van der Waals surface area contributed by atoms with Crippen molar-refractivity contribution in [1.82, 2.24) is 10.2 Å². The minimum atomic E-state index is -0.506. The predicted molar refractivity (Wildman–Crippen MR) is 134 cm³/mol. The van der Waals surface area contributed by atoms with Crippen molar-refractivity contribution in [3.8, 4) is 0 Å². The molecule has 8 nitrogen and oxygen atoms in total. The number of nitrogens with one attached hydrogen (secondary N) is 1. The molecule has 3 fully saturated rings. The molecule has 1 unspecified atom stereocenters. The van der Waals surface area contributed by atoms with Gasteiger partial charge in [0, 0.05) is 26.6 Å². The highest BCUT2D eigenvalue weighted by molar-refractivity contribution is 5.87. The SMILES string of the molecule is CC(/C=C/C1CC2(CC2)CC(C)(C)O1)=C\C[C@H]1OC[C@@H](NC(=O)/C=C\[C@H](C)OC(=O)N(C)C)CO1. The van der Waals surface area contributed by atoms with Crippen LogP contribution in [0.15, 0.2) is 36.0 Å². The van der Waals surface area contributed by atoms with E-state index < -0.39 is 12.2 Å². The molecule has 3 rings (SSSR count). The van der Waals surface area contributed by atoms with E-state index in [0.29, 0.717) is 25.0 Å². The Hall–Kier alpha value is -2.16. The van der Waals surface area contributed by atoms with Crippen molar-refractivity contribution in [1.29, 1.82) is 0 Å². The standard InChI is InChI=1S/C27H42N2O6/c1-19(7-10-22-15-27(13-14-27)18-26(3,4)35-22)8-12-24-32-16-21(17-33-24)28-23(30)11-9-20(2)34-25(31)29(5)6/h7-11,20-22,24H,12-18H2,1-6H3,(H,28,30)/b10-7+,11-9-,19-8+/t20-,21-,22?,24+/m0/s1. The number of ether oxygens (including phenoxy) is 4. The highest BCUT2D eigenvalue weighted by Gasteiger charge is 2.51. The average molecular weight is 491 g/mol. The van der Waals surface area contributed by atoms with Gasteiger partial charge in [0.25, 0.3) is 0 Å². The zero-order valence-electron chi connectivity index (χ0n) is 22.0. The molecule has 0 aromatic carbocycles. The van der Waals surface area contributed by atoms with Crippen LogP contribution in [0, 0.1) is 5.41 Å². The van der Waals surface area contributed by atoms with Crippen molar-refractivity contribution < 1.29 is 28.5 Å². The Kier molecular flexibility index (Phi) is 9.18. The Bertz CT molecular complexity index is 829. The van der Waals surface area contributed by atoms with E-state index in [9.17, 15) is 9.59 Å². The summed E-state index contributed by atoms with van der Waals surface area (Å²) in [6, 6.07) is -0.227. The van der Waals surface area contributed by atoms with Gasteiger partial charge in [0.1, 0.15) is 6.10 Å². The van der Waals surface area contributed by atoms with Crippen molar-refractivity contribution >= 4 is 12.0 Å². The molecule has 196 valence electrons. The van der Waals surface area contributed by atoms with E-state index in [1.54, 1.807) is 21.0 Å². The number of hydrogen-bond donors (Lipinski definition) is 1. The van der Waals surface area contributed by atoms with E-state index >= 15 is 0 Å². The van der Waals surface area contributed by atoms with Gasteiger partial charge in [-0.15, -0.1) is 0 Å². The first kappa shape index (κ1) is 27.4. The number of nitrogens with zero attached hydrogens (tertiary/aromatic N) is 1. The molecular weight excluding hydrogens is 448 g/mol. The van der Waals surface area contributed by atoms with Crippen LogP contribution in [-0.2, 0) is 23.7 Å². The lowest BCUT2D eigenvalue weighted by atomic mass is 9.82. The number of carbonyl (C=O) groups excluding carboxylic acids is 2. The fraction of sp³-hybridized carbons (Fsp3) is 0.704. The summed E-state index contributed by atoms with van der Waals surface area (Å²) in [5.74, 6) is -0.282. The van der Waals surface area contributed by atoms with Crippen LogP contribution in [0.4, 0.5) is 4.79 Å². The molecule has 2 saturated heterocycles. The maximum atomic E-state index is 12.1. The second-order valence-electron chi connectivity index (χ2n) is 11.0. The Labute approximate surface area is 209 Å². The van der Waals surface area contributed by atoms with Gasteiger partial charge in [0.05, 0.1) is 31.0 Å². The minimum Gasteiger partial charge on any atom is -0.442 e. The lowest BCUT2D eigenvalue weighted by molar-refractivity contribution is -0.187. The minimum absolute atomic E-state index is 0.0515. The molecular formula is C27H42N2O6. The number of amides is 2. The fourth-order valence-corrected chi connectivity index (χ4v) is 4.71. The van der Waals surface area contributed by atoms with Gasteiger partial charge >= 0.3 is 6.09 Å². The van der Waals surface area contributed by atoms with Crippen molar-refractivity contribution in [2.24, 2.45) is 5.41 Å². The van der Waals surface area contributed by atoms with Gasteiger partial charge in [-0.2, -0.15) is 0 Å². The third kappa shape index (κ3) is 9.09. The van der Waals surface area contributed by atoms with E-state index in [-0.39, 0.29) is 29.9 Å². The summed E-state index contributed by atoms with van der Waals surface area (Å²) in [5, 5.41) is 2.84. The Morgan fingerprint density at radius 2 is 1.86 bits per heavy atom. The van der Waals surface area contributed by atoms with Gasteiger partial charge in [0.2, 0.25) is 5.91 Å². The van der Waals surface area contributed by atoms with E-state index in [4.69, 9.17) is 18.9 Å². The first-order chi connectivity index (χ1) is 16.5. The molecule has 1 spiro atoms. The summed E-state index contributed by atoms with van der Waals surface area (Å²) in [6.07, 6.45) is 13.8. The third-order valence-corrected chi connectivity index (χ3v) is 6.55. The first-order valence-electron chi connectivity index (χ1n) is 12.6. The van der Waals surface area contributed by atoms with Crippen molar-refractivity contribution in [2.75, 3.05) is 27.3 Å². The second kappa shape index (κ2) is 11.7. The van der Waals surface area contributed by atoms with E-state index in [0.717, 1.165) is 12.0 Å². The topological polar surface area (TPSA) is 86.3 Å².